The first-order valence-electron chi connectivity index (χ1n) is 9.79. The molecule has 0 heterocycles. The van der Waals surface area contributed by atoms with Crippen LogP contribution in [0.1, 0.15) is 31.2 Å². The van der Waals surface area contributed by atoms with Gasteiger partial charge in [-0.15, -0.1) is 0 Å². The number of ether oxygens (including phenoxy) is 1. The van der Waals surface area contributed by atoms with E-state index in [9.17, 15) is 14.0 Å². The smallest absolute Gasteiger partial charge is 0.317 e. The Kier molecular flexibility index (Phi) is 5.30. The highest BCUT2D eigenvalue weighted by Crippen LogP contribution is 2.42. The molecule has 4 rings (SSSR count). The van der Waals surface area contributed by atoms with E-state index >= 15 is 0 Å². The van der Waals surface area contributed by atoms with Crippen molar-refractivity contribution in [3.05, 3.63) is 78.1 Å². The highest BCUT2D eigenvalue weighted by atomic mass is 19.1. The fraction of sp³-hybridized carbons (Fsp3) is 0.250. The minimum Gasteiger partial charge on any atom is -0.455 e. The zero-order valence-electron chi connectivity index (χ0n) is 16.0. The third kappa shape index (κ3) is 3.86. The first kappa shape index (κ1) is 19.1. The molecule has 0 bridgehead atoms. The van der Waals surface area contributed by atoms with E-state index in [1.165, 1.54) is 12.1 Å². The van der Waals surface area contributed by atoms with Crippen LogP contribution in [0.3, 0.4) is 0 Å². The summed E-state index contributed by atoms with van der Waals surface area (Å²) in [4.78, 5) is 25.3. The number of amides is 1. The molecule has 3 aromatic carbocycles. The van der Waals surface area contributed by atoms with Crippen molar-refractivity contribution >= 4 is 28.3 Å². The quantitative estimate of drug-likeness (QED) is 0.625. The maximum atomic E-state index is 13.3. The number of carbonyl (C=O) groups is 2. The minimum absolute atomic E-state index is 0.343. The second kappa shape index (κ2) is 8.03. The average molecular weight is 391 g/mol. The van der Waals surface area contributed by atoms with Crippen LogP contribution in [0.25, 0.3) is 10.8 Å². The molecule has 0 saturated heterocycles. The summed E-state index contributed by atoms with van der Waals surface area (Å²) in [6.45, 7) is -0.356. The normalized spacial score (nSPS) is 15.2. The van der Waals surface area contributed by atoms with Crippen molar-refractivity contribution in [3.63, 3.8) is 0 Å². The van der Waals surface area contributed by atoms with Crippen molar-refractivity contribution in [3.8, 4) is 0 Å². The molecule has 148 valence electrons. The maximum Gasteiger partial charge on any atom is 0.317 e. The summed E-state index contributed by atoms with van der Waals surface area (Å²) in [7, 11) is 0. The summed E-state index contributed by atoms with van der Waals surface area (Å²) in [5.41, 5.74) is 0.627. The molecule has 29 heavy (non-hydrogen) atoms. The number of esters is 1. The van der Waals surface area contributed by atoms with Crippen molar-refractivity contribution in [2.45, 2.75) is 31.1 Å². The van der Waals surface area contributed by atoms with Gasteiger partial charge in [-0.05, 0) is 42.0 Å². The van der Waals surface area contributed by atoms with Crippen LogP contribution >= 0.6 is 0 Å². The first-order valence-corrected chi connectivity index (χ1v) is 9.79. The van der Waals surface area contributed by atoms with E-state index in [0.717, 1.165) is 29.2 Å². The monoisotopic (exact) mass is 391 g/mol. The second-order valence-electron chi connectivity index (χ2n) is 7.45. The van der Waals surface area contributed by atoms with Gasteiger partial charge in [0.2, 0.25) is 0 Å². The molecule has 0 aliphatic heterocycles. The lowest BCUT2D eigenvalue weighted by Gasteiger charge is -2.27. The van der Waals surface area contributed by atoms with Gasteiger partial charge in [0.15, 0.2) is 6.61 Å². The van der Waals surface area contributed by atoms with E-state index in [1.807, 2.05) is 42.5 Å². The molecular weight excluding hydrogens is 369 g/mol. The number of hydrogen-bond acceptors (Lipinski definition) is 3. The van der Waals surface area contributed by atoms with Crippen molar-refractivity contribution < 1.29 is 18.7 Å². The second-order valence-corrected chi connectivity index (χ2v) is 7.45. The number of fused-ring (bicyclic) bond motifs is 1. The van der Waals surface area contributed by atoms with Gasteiger partial charge in [0.25, 0.3) is 5.91 Å². The van der Waals surface area contributed by atoms with Gasteiger partial charge in [-0.2, -0.15) is 0 Å². The van der Waals surface area contributed by atoms with E-state index in [1.54, 1.807) is 12.1 Å². The molecule has 0 aromatic heterocycles. The molecule has 1 amide bonds. The van der Waals surface area contributed by atoms with Crippen LogP contribution < -0.4 is 5.32 Å². The fourth-order valence-electron chi connectivity index (χ4n) is 4.15. The van der Waals surface area contributed by atoms with Crippen LogP contribution in [-0.4, -0.2) is 18.5 Å². The summed E-state index contributed by atoms with van der Waals surface area (Å²) in [6, 6.07) is 19.4. The van der Waals surface area contributed by atoms with Crippen molar-refractivity contribution in [1.29, 1.82) is 0 Å². The Bertz CT molecular complexity index is 1030. The number of rotatable bonds is 5. The Morgan fingerprint density at radius 2 is 1.62 bits per heavy atom. The van der Waals surface area contributed by atoms with E-state index < -0.39 is 11.4 Å². The van der Waals surface area contributed by atoms with E-state index in [2.05, 4.69) is 5.32 Å². The van der Waals surface area contributed by atoms with Crippen molar-refractivity contribution in [1.82, 2.24) is 0 Å². The van der Waals surface area contributed by atoms with Gasteiger partial charge in [0.05, 0.1) is 5.41 Å². The zero-order valence-corrected chi connectivity index (χ0v) is 16.0. The Labute approximate surface area is 168 Å². The largest absolute Gasteiger partial charge is 0.455 e. The summed E-state index contributed by atoms with van der Waals surface area (Å²) >= 11 is 0. The van der Waals surface area contributed by atoms with E-state index in [-0.39, 0.29) is 18.3 Å². The van der Waals surface area contributed by atoms with Gasteiger partial charge in [-0.1, -0.05) is 61.4 Å². The number of nitrogens with one attached hydrogen (secondary N) is 1. The highest BCUT2D eigenvalue weighted by molar-refractivity contribution is 6.03. The van der Waals surface area contributed by atoms with Crippen LogP contribution in [0.2, 0.25) is 0 Å². The van der Waals surface area contributed by atoms with Crippen LogP contribution in [0.15, 0.2) is 66.7 Å². The lowest BCUT2D eigenvalue weighted by molar-refractivity contribution is -0.153. The molecule has 1 fully saturated rings. The molecule has 1 aliphatic carbocycles. The average Bonchev–Trinajstić information content (AvgIpc) is 3.24. The van der Waals surface area contributed by atoms with Gasteiger partial charge in [0.1, 0.15) is 5.82 Å². The number of carbonyl (C=O) groups excluding carboxylic acids is 2. The molecule has 1 aliphatic rings. The van der Waals surface area contributed by atoms with Crippen LogP contribution in [0.5, 0.6) is 0 Å². The topological polar surface area (TPSA) is 55.4 Å². The molecule has 1 N–H and O–H groups in total. The lowest BCUT2D eigenvalue weighted by Crippen LogP contribution is -2.36. The molecule has 1 saturated carbocycles. The van der Waals surface area contributed by atoms with Crippen LogP contribution in [-0.2, 0) is 19.7 Å². The first-order chi connectivity index (χ1) is 14.1. The molecule has 0 spiro atoms. The Morgan fingerprint density at radius 3 is 2.38 bits per heavy atom. The molecular formula is C24H22FNO3. The third-order valence-electron chi connectivity index (χ3n) is 5.64. The molecule has 4 nitrogen and oxygen atoms in total. The number of anilines is 1. The molecule has 0 radical (unpaired) electrons. The SMILES string of the molecule is O=C(COC(=O)C1(c2ccc(F)cc2)CCCC1)Nc1cccc2ccccc12. The van der Waals surface area contributed by atoms with Gasteiger partial charge >= 0.3 is 5.97 Å². The van der Waals surface area contributed by atoms with Crippen molar-refractivity contribution in [2.75, 3.05) is 11.9 Å². The summed E-state index contributed by atoms with van der Waals surface area (Å²) in [5.74, 6) is -1.15. The van der Waals surface area contributed by atoms with Gasteiger partial charge in [0, 0.05) is 11.1 Å². The summed E-state index contributed by atoms with van der Waals surface area (Å²) in [6.07, 6.45) is 3.08. The van der Waals surface area contributed by atoms with E-state index in [4.69, 9.17) is 4.74 Å². The molecule has 0 unspecified atom stereocenters. The minimum atomic E-state index is -0.798. The van der Waals surface area contributed by atoms with E-state index in [0.29, 0.717) is 18.5 Å². The lowest BCUT2D eigenvalue weighted by atomic mass is 9.79. The van der Waals surface area contributed by atoms with Gasteiger partial charge in [-0.25, -0.2) is 4.39 Å². The number of benzene rings is 3. The third-order valence-corrected chi connectivity index (χ3v) is 5.64. The van der Waals surface area contributed by atoms with Crippen LogP contribution in [0.4, 0.5) is 10.1 Å². The van der Waals surface area contributed by atoms with Crippen LogP contribution in [0, 0.1) is 5.82 Å². The molecule has 5 heteroatoms. The predicted octanol–water partition coefficient (Wildman–Crippen LogP) is 4.97. The number of hydrogen-bond donors (Lipinski definition) is 1. The Balaban J connectivity index is 1.45. The highest BCUT2D eigenvalue weighted by Gasteiger charge is 2.44. The summed E-state index contributed by atoms with van der Waals surface area (Å²) in [5, 5.41) is 4.77. The van der Waals surface area contributed by atoms with Crippen molar-refractivity contribution in [2.24, 2.45) is 0 Å². The zero-order chi connectivity index (χ0) is 20.3. The summed E-state index contributed by atoms with van der Waals surface area (Å²) < 4.78 is 18.7. The van der Waals surface area contributed by atoms with Gasteiger partial charge in [-0.3, -0.25) is 9.59 Å². The van der Waals surface area contributed by atoms with Gasteiger partial charge < -0.3 is 10.1 Å². The predicted molar refractivity (Wildman–Crippen MR) is 110 cm³/mol. The fourth-order valence-corrected chi connectivity index (χ4v) is 4.15. The Morgan fingerprint density at radius 1 is 0.931 bits per heavy atom. The number of halogens is 1. The molecule has 0 atom stereocenters. The Hall–Kier alpha value is -3.21. The maximum absolute atomic E-state index is 13.3. The molecule has 3 aromatic rings. The standard InChI is InChI=1S/C24H22FNO3/c25-19-12-10-18(11-13-19)24(14-3-4-15-24)23(28)29-16-22(27)26-21-9-5-7-17-6-1-2-8-20(17)21/h1-2,5-13H,3-4,14-16H2,(H,26,27).